The molecular formula is C7H12N4O3. The van der Waals surface area contributed by atoms with Gasteiger partial charge in [0.2, 0.25) is 0 Å². The summed E-state index contributed by atoms with van der Waals surface area (Å²) in [4.78, 5) is 10.5. The lowest BCUT2D eigenvalue weighted by Gasteiger charge is -2.16. The molecule has 1 aromatic heterocycles. The van der Waals surface area contributed by atoms with Crippen molar-refractivity contribution in [1.29, 1.82) is 0 Å². The summed E-state index contributed by atoms with van der Waals surface area (Å²) in [6.07, 6.45) is 2.11. The minimum Gasteiger partial charge on any atom is -0.479 e. The minimum atomic E-state index is -1.67. The number of aryl methyl sites for hydroxylation is 1. The number of rotatable bonds is 5. The van der Waals surface area contributed by atoms with E-state index in [0.29, 0.717) is 13.0 Å². The number of carboxylic acid groups (broad SMARTS) is 1. The molecule has 0 saturated carbocycles. The first-order valence-electron chi connectivity index (χ1n) is 4.19. The smallest absolute Gasteiger partial charge is 0.335 e. The van der Waals surface area contributed by atoms with Crippen molar-refractivity contribution in [2.75, 3.05) is 0 Å². The predicted molar refractivity (Wildman–Crippen MR) is 45.3 cm³/mol. The molecule has 1 aromatic rings. The molecule has 0 radical (unpaired) electrons. The molecule has 0 amide bonds. The van der Waals surface area contributed by atoms with Gasteiger partial charge in [0.05, 0.1) is 0 Å². The summed E-state index contributed by atoms with van der Waals surface area (Å²) in [5.41, 5.74) is -1.67. The molecule has 0 fully saturated rings. The van der Waals surface area contributed by atoms with E-state index in [0.717, 1.165) is 0 Å². The Kier molecular flexibility index (Phi) is 3.13. The Morgan fingerprint density at radius 2 is 2.36 bits per heavy atom. The zero-order valence-corrected chi connectivity index (χ0v) is 7.79. The average Bonchev–Trinajstić information content (AvgIpc) is 2.56. The van der Waals surface area contributed by atoms with Crippen molar-refractivity contribution in [2.24, 2.45) is 0 Å². The molecule has 1 heterocycles. The minimum absolute atomic E-state index is 0.169. The number of carbonyl (C=O) groups is 1. The quantitative estimate of drug-likeness (QED) is 0.651. The summed E-state index contributed by atoms with van der Waals surface area (Å²) < 4.78 is 1.48. The Morgan fingerprint density at radius 1 is 1.64 bits per heavy atom. The fraction of sp³-hybridized carbons (Fsp3) is 0.714. The first kappa shape index (κ1) is 10.6. The highest BCUT2D eigenvalue weighted by Crippen LogP contribution is 2.12. The van der Waals surface area contributed by atoms with Gasteiger partial charge in [-0.3, -0.25) is 0 Å². The van der Waals surface area contributed by atoms with Gasteiger partial charge in [-0.15, -0.1) is 5.10 Å². The number of hydrogen-bond donors (Lipinski definition) is 2. The normalized spacial score (nSPS) is 15.0. The average molecular weight is 200 g/mol. The van der Waals surface area contributed by atoms with Crippen LogP contribution in [0.15, 0.2) is 6.33 Å². The van der Waals surface area contributed by atoms with Crippen LogP contribution in [0, 0.1) is 0 Å². The SMILES string of the molecule is CC(O)(CCCn1cnnn1)C(=O)O. The van der Waals surface area contributed by atoms with Crippen molar-refractivity contribution in [3.8, 4) is 0 Å². The third-order valence-electron chi connectivity index (χ3n) is 1.90. The molecule has 1 rings (SSSR count). The molecule has 14 heavy (non-hydrogen) atoms. The van der Waals surface area contributed by atoms with Gasteiger partial charge in [0, 0.05) is 6.54 Å². The highest BCUT2D eigenvalue weighted by atomic mass is 16.4. The second-order valence-electron chi connectivity index (χ2n) is 3.26. The van der Waals surface area contributed by atoms with Crippen LogP contribution in [0.25, 0.3) is 0 Å². The molecule has 7 heteroatoms. The van der Waals surface area contributed by atoms with E-state index < -0.39 is 11.6 Å². The lowest BCUT2D eigenvalue weighted by molar-refractivity contribution is -0.157. The van der Waals surface area contributed by atoms with Gasteiger partial charge in [-0.05, 0) is 30.2 Å². The lowest BCUT2D eigenvalue weighted by atomic mass is 10.0. The van der Waals surface area contributed by atoms with E-state index in [1.807, 2.05) is 0 Å². The molecule has 0 aliphatic carbocycles. The summed E-state index contributed by atoms with van der Waals surface area (Å²) >= 11 is 0. The molecule has 0 bridgehead atoms. The molecule has 0 aliphatic rings. The Morgan fingerprint density at radius 3 is 2.86 bits per heavy atom. The van der Waals surface area contributed by atoms with E-state index in [2.05, 4.69) is 15.5 Å². The summed E-state index contributed by atoms with van der Waals surface area (Å²) in [6.45, 7) is 1.77. The maximum Gasteiger partial charge on any atom is 0.335 e. The monoisotopic (exact) mass is 200 g/mol. The number of carboxylic acids is 1. The molecule has 1 unspecified atom stereocenters. The van der Waals surface area contributed by atoms with Gasteiger partial charge in [-0.2, -0.15) is 0 Å². The third-order valence-corrected chi connectivity index (χ3v) is 1.90. The largest absolute Gasteiger partial charge is 0.479 e. The number of tetrazole rings is 1. The first-order chi connectivity index (χ1) is 6.52. The van der Waals surface area contributed by atoms with Crippen LogP contribution in [-0.4, -0.2) is 42.0 Å². The van der Waals surface area contributed by atoms with Gasteiger partial charge in [0.1, 0.15) is 6.33 Å². The predicted octanol–water partition coefficient (Wildman–Crippen LogP) is -0.711. The molecule has 0 aliphatic heterocycles. The summed E-state index contributed by atoms with van der Waals surface area (Å²) in [5, 5.41) is 28.4. The Bertz CT molecular complexity index is 296. The second kappa shape index (κ2) is 4.14. The molecule has 2 N–H and O–H groups in total. The fourth-order valence-electron chi connectivity index (χ4n) is 0.975. The number of nitrogens with zero attached hydrogens (tertiary/aromatic N) is 4. The molecule has 78 valence electrons. The van der Waals surface area contributed by atoms with Crippen molar-refractivity contribution in [3.05, 3.63) is 6.33 Å². The number of aliphatic hydroxyl groups is 1. The Hall–Kier alpha value is -1.50. The van der Waals surface area contributed by atoms with Crippen LogP contribution in [0.1, 0.15) is 19.8 Å². The van der Waals surface area contributed by atoms with Crippen molar-refractivity contribution in [1.82, 2.24) is 20.2 Å². The van der Waals surface area contributed by atoms with Crippen molar-refractivity contribution in [3.63, 3.8) is 0 Å². The molecular weight excluding hydrogens is 188 g/mol. The lowest BCUT2D eigenvalue weighted by Crippen LogP contribution is -2.34. The zero-order chi connectivity index (χ0) is 10.6. The summed E-state index contributed by atoms with van der Waals surface area (Å²) in [7, 11) is 0. The van der Waals surface area contributed by atoms with E-state index in [1.54, 1.807) is 0 Å². The van der Waals surface area contributed by atoms with Gasteiger partial charge < -0.3 is 10.2 Å². The maximum absolute atomic E-state index is 10.5. The highest BCUT2D eigenvalue weighted by molar-refractivity contribution is 5.76. The van der Waals surface area contributed by atoms with Gasteiger partial charge in [-0.1, -0.05) is 0 Å². The molecule has 0 saturated heterocycles. The van der Waals surface area contributed by atoms with Crippen LogP contribution in [0.2, 0.25) is 0 Å². The standard InChI is InChI=1S/C7H12N4O3/c1-7(14,6(12)13)3-2-4-11-5-8-9-10-11/h5,14H,2-4H2,1H3,(H,12,13). The topological polar surface area (TPSA) is 101 Å². The summed E-state index contributed by atoms with van der Waals surface area (Å²) in [5.74, 6) is -1.21. The van der Waals surface area contributed by atoms with E-state index in [1.165, 1.54) is 17.9 Å². The van der Waals surface area contributed by atoms with Crippen LogP contribution in [-0.2, 0) is 11.3 Å². The van der Waals surface area contributed by atoms with Gasteiger partial charge in [-0.25, -0.2) is 9.48 Å². The zero-order valence-electron chi connectivity index (χ0n) is 7.79. The molecule has 0 aromatic carbocycles. The van der Waals surface area contributed by atoms with E-state index >= 15 is 0 Å². The van der Waals surface area contributed by atoms with E-state index in [4.69, 9.17) is 5.11 Å². The van der Waals surface area contributed by atoms with Crippen LogP contribution >= 0.6 is 0 Å². The summed E-state index contributed by atoms with van der Waals surface area (Å²) in [6, 6.07) is 0. The molecule has 7 nitrogen and oxygen atoms in total. The van der Waals surface area contributed by atoms with Gasteiger partial charge in [0.25, 0.3) is 0 Å². The molecule has 0 spiro atoms. The van der Waals surface area contributed by atoms with Crippen LogP contribution < -0.4 is 0 Å². The second-order valence-corrected chi connectivity index (χ2v) is 3.26. The Labute approximate surface area is 80.4 Å². The van der Waals surface area contributed by atoms with Crippen molar-refractivity contribution >= 4 is 5.97 Å². The maximum atomic E-state index is 10.5. The van der Waals surface area contributed by atoms with Crippen LogP contribution in [0.3, 0.4) is 0 Å². The van der Waals surface area contributed by atoms with E-state index in [-0.39, 0.29) is 6.42 Å². The highest BCUT2D eigenvalue weighted by Gasteiger charge is 2.28. The third kappa shape index (κ3) is 2.77. The number of aliphatic carboxylic acids is 1. The van der Waals surface area contributed by atoms with Crippen molar-refractivity contribution in [2.45, 2.75) is 31.9 Å². The first-order valence-corrected chi connectivity index (χ1v) is 4.19. The number of hydrogen-bond acceptors (Lipinski definition) is 5. The van der Waals surface area contributed by atoms with Gasteiger partial charge in [0.15, 0.2) is 5.60 Å². The van der Waals surface area contributed by atoms with Crippen LogP contribution in [0.5, 0.6) is 0 Å². The Balaban J connectivity index is 2.31. The van der Waals surface area contributed by atoms with Crippen molar-refractivity contribution < 1.29 is 15.0 Å². The van der Waals surface area contributed by atoms with E-state index in [9.17, 15) is 9.90 Å². The fourth-order valence-corrected chi connectivity index (χ4v) is 0.975. The van der Waals surface area contributed by atoms with Gasteiger partial charge >= 0.3 is 5.97 Å². The number of aromatic nitrogens is 4. The molecule has 1 atom stereocenters. The van der Waals surface area contributed by atoms with Crippen LogP contribution in [0.4, 0.5) is 0 Å².